The highest BCUT2D eigenvalue weighted by Gasteiger charge is 2.33. The number of halogens is 1. The van der Waals surface area contributed by atoms with Crippen LogP contribution in [0.15, 0.2) is 40.9 Å². The number of benzene rings is 2. The molecule has 1 amide bonds. The van der Waals surface area contributed by atoms with E-state index >= 15 is 0 Å². The number of amides is 1. The van der Waals surface area contributed by atoms with Crippen LogP contribution >= 0.6 is 39.5 Å². The van der Waals surface area contributed by atoms with Gasteiger partial charge in [0.05, 0.1) is 41.1 Å². The van der Waals surface area contributed by atoms with Gasteiger partial charge < -0.3 is 24.0 Å². The molecule has 2 fully saturated rings. The second-order valence-electron chi connectivity index (χ2n) is 9.78. The first-order valence-corrected chi connectivity index (χ1v) is 16.4. The van der Waals surface area contributed by atoms with Crippen molar-refractivity contribution in [1.29, 1.82) is 0 Å². The molecule has 40 heavy (non-hydrogen) atoms. The van der Waals surface area contributed by atoms with Gasteiger partial charge in [0, 0.05) is 61.4 Å². The van der Waals surface area contributed by atoms with E-state index in [1.807, 2.05) is 40.8 Å². The summed E-state index contributed by atoms with van der Waals surface area (Å²) in [4.78, 5) is 30.2. The van der Waals surface area contributed by atoms with Gasteiger partial charge in [-0.2, -0.15) is 11.8 Å². The first-order chi connectivity index (χ1) is 19.4. The second-order valence-corrected chi connectivity index (χ2v) is 12.8. The van der Waals surface area contributed by atoms with E-state index in [1.165, 1.54) is 0 Å². The molecule has 2 aromatic carbocycles. The van der Waals surface area contributed by atoms with Crippen molar-refractivity contribution in [2.75, 3.05) is 51.0 Å². The van der Waals surface area contributed by atoms with E-state index in [0.29, 0.717) is 53.4 Å². The molecule has 1 atom stereocenters. The van der Waals surface area contributed by atoms with Crippen molar-refractivity contribution in [3.8, 4) is 5.75 Å². The van der Waals surface area contributed by atoms with Gasteiger partial charge in [-0.1, -0.05) is 30.3 Å². The number of rotatable bonds is 10. The highest BCUT2D eigenvalue weighted by atomic mass is 79.9. The van der Waals surface area contributed by atoms with Crippen molar-refractivity contribution < 1.29 is 24.2 Å². The summed E-state index contributed by atoms with van der Waals surface area (Å²) in [7, 11) is 1.95. The van der Waals surface area contributed by atoms with E-state index in [-0.39, 0.29) is 29.6 Å². The SMILES string of the molecule is CCOC(=O)c1c(CSCCN2C(=O)CSC2c2ccccc2)n(C)c2cc(Br)c(O)c(CN3CCOCC3)c12. The van der Waals surface area contributed by atoms with Gasteiger partial charge in [0.1, 0.15) is 11.1 Å². The zero-order valence-electron chi connectivity index (χ0n) is 22.7. The molecule has 8 nitrogen and oxygen atoms in total. The van der Waals surface area contributed by atoms with Crippen molar-refractivity contribution in [3.05, 3.63) is 63.3 Å². The standard InChI is InChI=1S/C29H34BrN3O5S2/c1-3-38-29(36)26-23(17-39-14-11-33-24(34)18-40-28(33)19-7-5-4-6-8-19)31(2)22-15-21(30)27(35)20(25(22)26)16-32-9-12-37-13-10-32/h4-8,15,28,35H,3,9-14,16-18H2,1-2H3. The number of fused-ring (bicyclic) bond motifs is 1. The predicted molar refractivity (Wildman–Crippen MR) is 164 cm³/mol. The minimum absolute atomic E-state index is 0.0325. The fourth-order valence-corrected chi connectivity index (χ4v) is 8.01. The molecule has 2 saturated heterocycles. The van der Waals surface area contributed by atoms with Crippen molar-refractivity contribution in [1.82, 2.24) is 14.4 Å². The Balaban J connectivity index is 1.41. The van der Waals surface area contributed by atoms with Gasteiger partial charge in [0.25, 0.3) is 0 Å². The van der Waals surface area contributed by atoms with Gasteiger partial charge in [-0.05, 0) is 34.5 Å². The molecule has 0 bridgehead atoms. The molecule has 3 aromatic rings. The summed E-state index contributed by atoms with van der Waals surface area (Å²) < 4.78 is 13.7. The molecule has 2 aliphatic rings. The Labute approximate surface area is 251 Å². The maximum atomic E-state index is 13.4. The number of aromatic hydroxyl groups is 1. The minimum atomic E-state index is -0.385. The van der Waals surface area contributed by atoms with Crippen LogP contribution in [-0.2, 0) is 33.6 Å². The molecular formula is C29H34BrN3O5S2. The fraction of sp³-hybridized carbons (Fsp3) is 0.448. The number of ether oxygens (including phenoxy) is 2. The zero-order chi connectivity index (χ0) is 28.2. The highest BCUT2D eigenvalue weighted by Crippen LogP contribution is 2.41. The Morgan fingerprint density at radius 3 is 2.73 bits per heavy atom. The van der Waals surface area contributed by atoms with Crippen LogP contribution in [0.25, 0.3) is 10.9 Å². The number of nitrogens with zero attached hydrogens (tertiary/aromatic N) is 3. The quantitative estimate of drug-likeness (QED) is 0.239. The molecular weight excluding hydrogens is 614 g/mol. The lowest BCUT2D eigenvalue weighted by atomic mass is 10.0. The van der Waals surface area contributed by atoms with Crippen LogP contribution in [0.5, 0.6) is 5.75 Å². The number of aryl methyl sites for hydroxylation is 1. The van der Waals surface area contributed by atoms with Crippen molar-refractivity contribution >= 4 is 62.2 Å². The third-order valence-electron chi connectivity index (χ3n) is 7.37. The average Bonchev–Trinajstić information content (AvgIpc) is 3.46. The maximum Gasteiger partial charge on any atom is 0.340 e. The number of morpholine rings is 1. The summed E-state index contributed by atoms with van der Waals surface area (Å²) in [5.74, 6) is 1.71. The lowest BCUT2D eigenvalue weighted by Gasteiger charge is -2.27. The van der Waals surface area contributed by atoms with Crippen molar-refractivity contribution in [2.45, 2.75) is 24.6 Å². The molecule has 1 unspecified atom stereocenters. The first-order valence-electron chi connectivity index (χ1n) is 13.4. The number of hydrogen-bond donors (Lipinski definition) is 1. The predicted octanol–water partition coefficient (Wildman–Crippen LogP) is 5.16. The highest BCUT2D eigenvalue weighted by molar-refractivity contribution is 9.10. The number of thioether (sulfide) groups is 2. The molecule has 11 heteroatoms. The number of phenols is 1. The molecule has 1 aromatic heterocycles. The van der Waals surface area contributed by atoms with E-state index in [9.17, 15) is 14.7 Å². The lowest BCUT2D eigenvalue weighted by Crippen LogP contribution is -2.35. The number of aromatic nitrogens is 1. The summed E-state index contributed by atoms with van der Waals surface area (Å²) in [6, 6.07) is 12.0. The third kappa shape index (κ3) is 6.04. The Hall–Kier alpha value is -2.18. The summed E-state index contributed by atoms with van der Waals surface area (Å²) in [6.07, 6.45) is 0. The van der Waals surface area contributed by atoms with Gasteiger partial charge in [0.2, 0.25) is 5.91 Å². The molecule has 3 heterocycles. The zero-order valence-corrected chi connectivity index (χ0v) is 25.9. The largest absolute Gasteiger partial charge is 0.506 e. The summed E-state index contributed by atoms with van der Waals surface area (Å²) >= 11 is 6.88. The van der Waals surface area contributed by atoms with E-state index in [4.69, 9.17) is 9.47 Å². The van der Waals surface area contributed by atoms with Crippen LogP contribution in [0.1, 0.15) is 39.5 Å². The van der Waals surface area contributed by atoms with Crippen LogP contribution in [0.2, 0.25) is 0 Å². The van der Waals surface area contributed by atoms with Crippen LogP contribution in [0.3, 0.4) is 0 Å². The monoisotopic (exact) mass is 647 g/mol. The average molecular weight is 649 g/mol. The van der Waals surface area contributed by atoms with E-state index in [0.717, 1.165) is 41.0 Å². The third-order valence-corrected chi connectivity index (χ3v) is 10.2. The van der Waals surface area contributed by atoms with E-state index in [1.54, 1.807) is 30.4 Å². The molecule has 0 aliphatic carbocycles. The van der Waals surface area contributed by atoms with Crippen molar-refractivity contribution in [2.24, 2.45) is 7.05 Å². The second kappa shape index (κ2) is 13.2. The normalized spacial score (nSPS) is 18.1. The first kappa shape index (κ1) is 29.3. The molecule has 0 radical (unpaired) electrons. The number of phenolic OH excluding ortho intramolecular Hbond substituents is 1. The Bertz CT molecular complexity index is 1380. The van der Waals surface area contributed by atoms with Gasteiger partial charge in [0.15, 0.2) is 0 Å². The van der Waals surface area contributed by atoms with Gasteiger partial charge in [-0.3, -0.25) is 9.69 Å². The van der Waals surface area contributed by atoms with Crippen LogP contribution < -0.4 is 0 Å². The molecule has 1 N–H and O–H groups in total. The molecule has 0 saturated carbocycles. The minimum Gasteiger partial charge on any atom is -0.506 e. The van der Waals surface area contributed by atoms with Gasteiger partial charge in [-0.25, -0.2) is 4.79 Å². The van der Waals surface area contributed by atoms with E-state index < -0.39 is 0 Å². The van der Waals surface area contributed by atoms with Crippen molar-refractivity contribution in [3.63, 3.8) is 0 Å². The van der Waals surface area contributed by atoms with Crippen LogP contribution in [-0.4, -0.2) is 82.3 Å². The number of carbonyl (C=O) groups is 2. The summed E-state index contributed by atoms with van der Waals surface area (Å²) in [5.41, 5.74) is 4.07. The van der Waals surface area contributed by atoms with Crippen LogP contribution in [0, 0.1) is 0 Å². The number of esters is 1. The molecule has 0 spiro atoms. The number of carbonyl (C=O) groups excluding carboxylic acids is 2. The van der Waals surface area contributed by atoms with Gasteiger partial charge >= 0.3 is 5.97 Å². The van der Waals surface area contributed by atoms with Gasteiger partial charge in [-0.15, -0.1) is 11.8 Å². The van der Waals surface area contributed by atoms with Crippen LogP contribution in [0.4, 0.5) is 0 Å². The Morgan fingerprint density at radius 2 is 2.00 bits per heavy atom. The Kier molecular flexibility index (Phi) is 9.68. The molecule has 5 rings (SSSR count). The molecule has 2 aliphatic heterocycles. The fourth-order valence-electron chi connectivity index (χ4n) is 5.33. The van der Waals surface area contributed by atoms with E-state index in [2.05, 4.69) is 33.0 Å². The maximum absolute atomic E-state index is 13.4. The summed E-state index contributed by atoms with van der Waals surface area (Å²) in [5, 5.41) is 11.9. The smallest absolute Gasteiger partial charge is 0.340 e. The Morgan fingerprint density at radius 1 is 1.25 bits per heavy atom. The topological polar surface area (TPSA) is 84.2 Å². The lowest BCUT2D eigenvalue weighted by molar-refractivity contribution is -0.127. The molecule has 214 valence electrons. The number of hydrogen-bond acceptors (Lipinski definition) is 8. The summed E-state index contributed by atoms with van der Waals surface area (Å²) in [6.45, 7) is 6.00.